The molecule has 0 atom stereocenters. The van der Waals surface area contributed by atoms with Crippen molar-refractivity contribution in [2.75, 3.05) is 19.8 Å². The summed E-state index contributed by atoms with van der Waals surface area (Å²) < 4.78 is 39.3. The van der Waals surface area contributed by atoms with Gasteiger partial charge in [-0.15, -0.1) is 0 Å². The van der Waals surface area contributed by atoms with Gasteiger partial charge in [0, 0.05) is 13.2 Å². The molecule has 0 amide bonds. The van der Waals surface area contributed by atoms with Crippen molar-refractivity contribution in [1.82, 2.24) is 0 Å². The van der Waals surface area contributed by atoms with Crippen molar-refractivity contribution in [3.05, 3.63) is 0 Å². The Morgan fingerprint density at radius 1 is 0.727 bits per heavy atom. The zero-order chi connectivity index (χ0) is 17.1. The summed E-state index contributed by atoms with van der Waals surface area (Å²) in [6.07, 6.45) is 11.7. The van der Waals surface area contributed by atoms with Crippen LogP contribution in [0.2, 0.25) is 0 Å². The van der Waals surface area contributed by atoms with Crippen LogP contribution in [0.5, 0.6) is 0 Å². The molecule has 0 rings (SSSR count). The lowest BCUT2D eigenvalue weighted by Crippen LogP contribution is -2.05. The number of hydrogen-bond acceptors (Lipinski definition) is 5. The fourth-order valence-electron chi connectivity index (χ4n) is 1.95. The van der Waals surface area contributed by atoms with Crippen molar-refractivity contribution in [3.63, 3.8) is 0 Å². The molecule has 0 unspecified atom stereocenters. The molecule has 0 spiro atoms. The van der Waals surface area contributed by atoms with Crippen LogP contribution in [-0.4, -0.2) is 32.8 Å². The Bertz CT molecular complexity index is 289. The molecule has 0 fully saturated rings. The molecular formula is C16H35O5S-. The number of rotatable bonds is 14. The highest BCUT2D eigenvalue weighted by Crippen LogP contribution is 2.10. The Kier molecular flexibility index (Phi) is 20.7. The van der Waals surface area contributed by atoms with Crippen LogP contribution < -0.4 is 0 Å². The minimum Gasteiger partial charge on any atom is -0.726 e. The van der Waals surface area contributed by atoms with Crippen LogP contribution in [-0.2, 0) is 19.3 Å². The average molecular weight is 340 g/mol. The summed E-state index contributed by atoms with van der Waals surface area (Å²) in [5.41, 5.74) is 0. The molecule has 0 N–H and O–H groups in total. The van der Waals surface area contributed by atoms with Gasteiger partial charge in [0.2, 0.25) is 10.4 Å². The van der Waals surface area contributed by atoms with Crippen molar-refractivity contribution in [3.8, 4) is 0 Å². The van der Waals surface area contributed by atoms with Crippen LogP contribution >= 0.6 is 0 Å². The molecule has 0 aliphatic heterocycles. The Morgan fingerprint density at radius 2 is 1.14 bits per heavy atom. The SMILES string of the molecule is CCCCCCCCCCCCOS(=O)(=O)[O-].CCOCC. The highest BCUT2D eigenvalue weighted by molar-refractivity contribution is 7.80. The van der Waals surface area contributed by atoms with E-state index >= 15 is 0 Å². The molecule has 136 valence electrons. The van der Waals surface area contributed by atoms with E-state index in [1.54, 1.807) is 0 Å². The Balaban J connectivity index is 0. The maximum Gasteiger partial charge on any atom is 0.217 e. The van der Waals surface area contributed by atoms with Crippen LogP contribution in [0.15, 0.2) is 0 Å². The highest BCUT2D eigenvalue weighted by atomic mass is 32.3. The van der Waals surface area contributed by atoms with E-state index in [9.17, 15) is 13.0 Å². The summed E-state index contributed by atoms with van der Waals surface area (Å²) in [6.45, 7) is 7.91. The van der Waals surface area contributed by atoms with Gasteiger partial charge in [0.1, 0.15) is 0 Å². The first kappa shape index (κ1) is 24.1. The number of unbranched alkanes of at least 4 members (excludes halogenated alkanes) is 9. The zero-order valence-electron chi connectivity index (χ0n) is 14.6. The minimum absolute atomic E-state index is 0.0301. The van der Waals surface area contributed by atoms with Crippen LogP contribution in [0.4, 0.5) is 0 Å². The smallest absolute Gasteiger partial charge is 0.217 e. The van der Waals surface area contributed by atoms with Gasteiger partial charge in [0.25, 0.3) is 0 Å². The largest absolute Gasteiger partial charge is 0.726 e. The van der Waals surface area contributed by atoms with Crippen molar-refractivity contribution in [1.29, 1.82) is 0 Å². The van der Waals surface area contributed by atoms with Crippen molar-refractivity contribution in [2.45, 2.75) is 85.0 Å². The van der Waals surface area contributed by atoms with Gasteiger partial charge in [0.15, 0.2) is 0 Å². The van der Waals surface area contributed by atoms with Crippen molar-refractivity contribution < 1.29 is 21.9 Å². The van der Waals surface area contributed by atoms with Crippen molar-refractivity contribution >= 4 is 10.4 Å². The molecule has 5 nitrogen and oxygen atoms in total. The van der Waals surface area contributed by atoms with Crippen LogP contribution in [0.1, 0.15) is 85.0 Å². The standard InChI is InChI=1S/C12H26O4S.C4H10O/c1-2-3-4-5-6-7-8-9-10-11-12-16-17(13,14)15;1-3-5-4-2/h2-12H2,1H3,(H,13,14,15);3-4H2,1-2H3/p-1. The molecular weight excluding hydrogens is 304 g/mol. The lowest BCUT2D eigenvalue weighted by molar-refractivity contribution is 0.162. The first-order valence-corrected chi connectivity index (χ1v) is 9.99. The van der Waals surface area contributed by atoms with E-state index in [0.717, 1.165) is 26.1 Å². The van der Waals surface area contributed by atoms with Gasteiger partial charge in [-0.1, -0.05) is 64.7 Å². The van der Waals surface area contributed by atoms with Crippen LogP contribution in [0.25, 0.3) is 0 Å². The molecule has 0 saturated heterocycles. The van der Waals surface area contributed by atoms with Crippen LogP contribution in [0.3, 0.4) is 0 Å². The number of ether oxygens (including phenoxy) is 1. The Morgan fingerprint density at radius 3 is 1.45 bits per heavy atom. The monoisotopic (exact) mass is 339 g/mol. The average Bonchev–Trinajstić information content (AvgIpc) is 2.45. The topological polar surface area (TPSA) is 75.7 Å². The van der Waals surface area contributed by atoms with Gasteiger partial charge in [-0.3, -0.25) is 4.18 Å². The van der Waals surface area contributed by atoms with Gasteiger partial charge in [-0.05, 0) is 20.3 Å². The van der Waals surface area contributed by atoms with Gasteiger partial charge < -0.3 is 9.29 Å². The van der Waals surface area contributed by atoms with Gasteiger partial charge in [-0.2, -0.15) is 0 Å². The summed E-state index contributed by atoms with van der Waals surface area (Å²) in [7, 11) is -4.48. The minimum atomic E-state index is -4.48. The molecule has 0 bridgehead atoms. The molecule has 0 radical (unpaired) electrons. The maximum absolute atomic E-state index is 10.1. The second-order valence-corrected chi connectivity index (χ2v) is 6.25. The normalized spacial score (nSPS) is 11.1. The highest BCUT2D eigenvalue weighted by Gasteiger charge is 1.95. The predicted octanol–water partition coefficient (Wildman–Crippen LogP) is 4.43. The molecule has 0 aromatic heterocycles. The third kappa shape index (κ3) is 28.1. The Labute approximate surface area is 137 Å². The predicted molar refractivity (Wildman–Crippen MR) is 89.7 cm³/mol. The maximum atomic E-state index is 10.1. The first-order chi connectivity index (χ1) is 10.5. The Hall–Kier alpha value is -0.170. The van der Waals surface area contributed by atoms with E-state index in [1.807, 2.05) is 13.8 Å². The molecule has 22 heavy (non-hydrogen) atoms. The molecule has 0 aliphatic carbocycles. The summed E-state index contributed by atoms with van der Waals surface area (Å²) in [6, 6.07) is 0. The summed E-state index contributed by atoms with van der Waals surface area (Å²) in [5.74, 6) is 0. The third-order valence-electron chi connectivity index (χ3n) is 3.13. The first-order valence-electron chi connectivity index (χ1n) is 8.65. The summed E-state index contributed by atoms with van der Waals surface area (Å²) in [4.78, 5) is 0. The molecule has 6 heteroatoms. The van der Waals surface area contributed by atoms with Gasteiger partial charge >= 0.3 is 0 Å². The molecule has 0 saturated carbocycles. The zero-order valence-corrected chi connectivity index (χ0v) is 15.5. The van der Waals surface area contributed by atoms with E-state index in [1.165, 1.54) is 44.9 Å². The molecule has 0 aromatic rings. The molecule has 0 aromatic carbocycles. The lowest BCUT2D eigenvalue weighted by atomic mass is 10.1. The van der Waals surface area contributed by atoms with Crippen LogP contribution in [0, 0.1) is 0 Å². The quantitative estimate of drug-likeness (QED) is 0.266. The van der Waals surface area contributed by atoms with Gasteiger partial charge in [-0.25, -0.2) is 8.42 Å². The molecule has 0 aliphatic rings. The van der Waals surface area contributed by atoms with E-state index < -0.39 is 10.4 Å². The second-order valence-electron chi connectivity index (χ2n) is 5.19. The number of hydrogen-bond donors (Lipinski definition) is 0. The fourth-order valence-corrected chi connectivity index (χ4v) is 2.28. The van der Waals surface area contributed by atoms with Crippen molar-refractivity contribution in [2.24, 2.45) is 0 Å². The second kappa shape index (κ2) is 18.9. The summed E-state index contributed by atoms with van der Waals surface area (Å²) >= 11 is 0. The molecule has 0 heterocycles. The van der Waals surface area contributed by atoms with E-state index in [2.05, 4.69) is 11.1 Å². The fraction of sp³-hybridized carbons (Fsp3) is 1.00. The summed E-state index contributed by atoms with van der Waals surface area (Å²) in [5, 5.41) is 0. The van der Waals surface area contributed by atoms with Gasteiger partial charge in [0.05, 0.1) is 6.61 Å². The van der Waals surface area contributed by atoms with E-state index in [0.29, 0.717) is 6.42 Å². The van der Waals surface area contributed by atoms with E-state index in [-0.39, 0.29) is 6.61 Å². The lowest BCUT2D eigenvalue weighted by Gasteiger charge is -2.06. The third-order valence-corrected chi connectivity index (χ3v) is 3.59. The van der Waals surface area contributed by atoms with E-state index in [4.69, 9.17) is 4.74 Å².